The van der Waals surface area contributed by atoms with Gasteiger partial charge in [0.05, 0.1) is 51.7 Å². The van der Waals surface area contributed by atoms with Gasteiger partial charge in [0, 0.05) is 38.2 Å². The van der Waals surface area contributed by atoms with Crippen LogP contribution < -0.4 is 5.32 Å². The predicted molar refractivity (Wildman–Crippen MR) is 201 cm³/mol. The number of halogens is 1. The highest BCUT2D eigenvalue weighted by Gasteiger charge is 2.46. The molecule has 4 atom stereocenters. The van der Waals surface area contributed by atoms with Crippen molar-refractivity contribution in [2.24, 2.45) is 5.41 Å². The number of nitrogens with one attached hydrogen (secondary N) is 1. The molecule has 2 saturated heterocycles. The smallest absolute Gasteiger partial charge is 0.318 e. The standard InChI is InChI=1S/C42H57FN2O9/c1-41(2)28-53-42(54-29-41,34-16-18-35(43)19-17-34)20-11-21-45-37(27-33-14-9-6-10-15-33)39(52-31-50-25-23-48-4)38(51-30-49-24-22-47-3)36(44-40(45)46)26-32-12-7-5-8-13-32/h5-10,12-19,36-39H,11,20-31H2,1-4H3,(H,44,46)/t36-,37?,38?,39?/m1/s1. The minimum absolute atomic E-state index is 0.0249. The van der Waals surface area contributed by atoms with Gasteiger partial charge in [0.1, 0.15) is 31.6 Å². The molecule has 0 aromatic heterocycles. The van der Waals surface area contributed by atoms with Crippen molar-refractivity contribution in [1.29, 1.82) is 0 Å². The van der Waals surface area contributed by atoms with E-state index < -0.39 is 30.1 Å². The molecule has 0 radical (unpaired) electrons. The number of hydrogen-bond acceptors (Lipinski definition) is 9. The van der Waals surface area contributed by atoms with Gasteiger partial charge in [0.25, 0.3) is 0 Å². The van der Waals surface area contributed by atoms with Gasteiger partial charge in [0.2, 0.25) is 0 Å². The minimum atomic E-state index is -1.09. The molecule has 296 valence electrons. The van der Waals surface area contributed by atoms with Gasteiger partial charge in [-0.05, 0) is 42.5 Å². The van der Waals surface area contributed by atoms with E-state index in [1.165, 1.54) is 12.1 Å². The van der Waals surface area contributed by atoms with Gasteiger partial charge in [-0.25, -0.2) is 9.18 Å². The highest BCUT2D eigenvalue weighted by molar-refractivity contribution is 5.75. The Bertz CT molecular complexity index is 1510. The first-order valence-electron chi connectivity index (χ1n) is 18.8. The summed E-state index contributed by atoms with van der Waals surface area (Å²) in [6.45, 7) is 6.92. The Morgan fingerprint density at radius 2 is 1.31 bits per heavy atom. The Balaban J connectivity index is 1.48. The van der Waals surface area contributed by atoms with E-state index in [9.17, 15) is 9.18 Å². The van der Waals surface area contributed by atoms with E-state index in [1.807, 2.05) is 65.6 Å². The van der Waals surface area contributed by atoms with Gasteiger partial charge in [-0.3, -0.25) is 0 Å². The maximum atomic E-state index is 14.6. The van der Waals surface area contributed by atoms with Crippen molar-refractivity contribution in [3.05, 3.63) is 107 Å². The maximum absolute atomic E-state index is 14.6. The fourth-order valence-corrected chi connectivity index (χ4v) is 6.91. The number of urea groups is 1. The van der Waals surface area contributed by atoms with E-state index in [2.05, 4.69) is 19.2 Å². The Kier molecular flexibility index (Phi) is 16.2. The molecule has 5 rings (SSSR count). The molecule has 3 unspecified atom stereocenters. The fraction of sp³-hybridized carbons (Fsp3) is 0.548. The minimum Gasteiger partial charge on any atom is -0.382 e. The van der Waals surface area contributed by atoms with Crippen molar-refractivity contribution in [3.63, 3.8) is 0 Å². The molecule has 2 heterocycles. The SMILES string of the molecule is COCCOCOC1C(OCOCCOC)[C@@H](Cc2ccccc2)NC(=O)N(CCCC2(c3ccc(F)cc3)OCC(C)(C)CO2)C1Cc1ccccc1. The van der Waals surface area contributed by atoms with E-state index in [4.69, 9.17) is 37.9 Å². The average molecular weight is 753 g/mol. The van der Waals surface area contributed by atoms with Crippen LogP contribution in [0, 0.1) is 11.2 Å². The van der Waals surface area contributed by atoms with Crippen LogP contribution >= 0.6 is 0 Å². The van der Waals surface area contributed by atoms with Crippen LogP contribution in [-0.4, -0.2) is 109 Å². The zero-order valence-corrected chi connectivity index (χ0v) is 32.1. The van der Waals surface area contributed by atoms with E-state index in [0.29, 0.717) is 71.9 Å². The first kappa shape index (κ1) is 41.7. The van der Waals surface area contributed by atoms with E-state index in [1.54, 1.807) is 26.4 Å². The largest absolute Gasteiger partial charge is 0.382 e. The van der Waals surface area contributed by atoms with Gasteiger partial charge >= 0.3 is 6.03 Å². The summed E-state index contributed by atoms with van der Waals surface area (Å²) in [6.07, 6.45) is 0.672. The first-order valence-corrected chi connectivity index (χ1v) is 18.8. The third-order valence-electron chi connectivity index (χ3n) is 9.79. The molecule has 2 aliphatic heterocycles. The molecule has 54 heavy (non-hydrogen) atoms. The van der Waals surface area contributed by atoms with E-state index in [-0.39, 0.29) is 30.8 Å². The summed E-state index contributed by atoms with van der Waals surface area (Å²) in [5.41, 5.74) is 2.63. The number of hydrogen-bond donors (Lipinski definition) is 1. The summed E-state index contributed by atoms with van der Waals surface area (Å²) in [5.74, 6) is -1.43. The lowest BCUT2D eigenvalue weighted by Crippen LogP contribution is -2.53. The molecular weight excluding hydrogens is 695 g/mol. The molecule has 3 aromatic rings. The van der Waals surface area contributed by atoms with Crippen LogP contribution in [0.25, 0.3) is 0 Å². The quantitative estimate of drug-likeness (QED) is 0.102. The number of methoxy groups -OCH3 is 2. The Hall–Kier alpha value is -3.46. The fourth-order valence-electron chi connectivity index (χ4n) is 6.91. The van der Waals surface area contributed by atoms with Crippen molar-refractivity contribution in [2.75, 3.05) is 74.0 Å². The Morgan fingerprint density at radius 3 is 1.89 bits per heavy atom. The van der Waals surface area contributed by atoms with Gasteiger partial charge in [-0.15, -0.1) is 0 Å². The molecule has 2 amide bonds. The summed E-state index contributed by atoms with van der Waals surface area (Å²) in [5, 5.41) is 3.32. The van der Waals surface area contributed by atoms with E-state index in [0.717, 1.165) is 16.7 Å². The summed E-state index contributed by atoms with van der Waals surface area (Å²) < 4.78 is 62.3. The molecular formula is C42H57FN2O9. The van der Waals surface area contributed by atoms with Gasteiger partial charge < -0.3 is 48.1 Å². The van der Waals surface area contributed by atoms with Crippen molar-refractivity contribution < 1.29 is 47.1 Å². The zero-order valence-electron chi connectivity index (χ0n) is 32.1. The number of carbonyl (C=O) groups is 1. The van der Waals surface area contributed by atoms with Gasteiger partial charge in [-0.1, -0.05) is 86.6 Å². The molecule has 0 spiro atoms. The van der Waals surface area contributed by atoms with Gasteiger partial charge in [0.15, 0.2) is 5.79 Å². The van der Waals surface area contributed by atoms with E-state index >= 15 is 0 Å². The molecule has 1 N–H and O–H groups in total. The topological polar surface area (TPSA) is 106 Å². The Labute approximate surface area is 319 Å². The lowest BCUT2D eigenvalue weighted by Gasteiger charge is -2.44. The van der Waals surface area contributed by atoms with Crippen LogP contribution in [0.5, 0.6) is 0 Å². The molecule has 0 aliphatic carbocycles. The van der Waals surface area contributed by atoms with Crippen LogP contribution in [0.4, 0.5) is 9.18 Å². The van der Waals surface area contributed by atoms with Crippen LogP contribution in [0.15, 0.2) is 84.9 Å². The zero-order chi connectivity index (χ0) is 38.2. The second-order valence-corrected chi connectivity index (χ2v) is 14.6. The highest BCUT2D eigenvalue weighted by Crippen LogP contribution is 2.40. The van der Waals surface area contributed by atoms with Crippen molar-refractivity contribution in [3.8, 4) is 0 Å². The van der Waals surface area contributed by atoms with Crippen LogP contribution in [-0.2, 0) is 56.5 Å². The number of carbonyl (C=O) groups excluding carboxylic acids is 1. The second-order valence-electron chi connectivity index (χ2n) is 14.6. The lowest BCUT2D eigenvalue weighted by molar-refractivity contribution is -0.311. The van der Waals surface area contributed by atoms with Crippen molar-refractivity contribution in [2.45, 2.75) is 69.6 Å². The third-order valence-corrected chi connectivity index (χ3v) is 9.79. The summed E-state index contributed by atoms with van der Waals surface area (Å²) in [6, 6.07) is 25.1. The second kappa shape index (κ2) is 21.0. The molecule has 2 fully saturated rings. The van der Waals surface area contributed by atoms with Crippen LogP contribution in [0.2, 0.25) is 0 Å². The Morgan fingerprint density at radius 1 is 0.759 bits per heavy atom. The first-order chi connectivity index (χ1) is 26.2. The number of ether oxygens (including phenoxy) is 8. The predicted octanol–water partition coefficient (Wildman–Crippen LogP) is 6.09. The summed E-state index contributed by atoms with van der Waals surface area (Å²) in [4.78, 5) is 16.4. The lowest BCUT2D eigenvalue weighted by atomic mass is 9.90. The monoisotopic (exact) mass is 752 g/mol. The summed E-state index contributed by atoms with van der Waals surface area (Å²) in [7, 11) is 3.23. The number of benzene rings is 3. The molecule has 0 saturated carbocycles. The average Bonchev–Trinajstić information content (AvgIpc) is 3.26. The maximum Gasteiger partial charge on any atom is 0.318 e. The van der Waals surface area contributed by atoms with Crippen LogP contribution in [0.1, 0.15) is 43.4 Å². The van der Waals surface area contributed by atoms with Crippen molar-refractivity contribution >= 4 is 6.03 Å². The number of amides is 2. The third kappa shape index (κ3) is 12.0. The van der Waals surface area contributed by atoms with Gasteiger partial charge in [-0.2, -0.15) is 0 Å². The molecule has 3 aromatic carbocycles. The van der Waals surface area contributed by atoms with Crippen LogP contribution in [0.3, 0.4) is 0 Å². The molecule has 12 heteroatoms. The summed E-state index contributed by atoms with van der Waals surface area (Å²) >= 11 is 0. The molecule has 11 nitrogen and oxygen atoms in total. The normalized spacial score (nSPS) is 22.5. The van der Waals surface area contributed by atoms with Crippen molar-refractivity contribution in [1.82, 2.24) is 10.2 Å². The molecule has 2 aliphatic rings. The number of nitrogens with zero attached hydrogens (tertiary/aromatic N) is 1. The molecule has 0 bridgehead atoms. The highest BCUT2D eigenvalue weighted by atomic mass is 19.1. The number of rotatable bonds is 21.